The molecular formula is C39H30BrClFN3O5. The average molecular weight is 755 g/mol. The first kappa shape index (κ1) is 32.4. The number of amides is 4. The van der Waals surface area contributed by atoms with Gasteiger partial charge in [-0.3, -0.25) is 29.5 Å². The number of allylic oxidation sites excluding steroid dienone is 2. The maximum absolute atomic E-state index is 15.2. The lowest BCUT2D eigenvalue weighted by Gasteiger charge is -2.50. The molecule has 1 saturated carbocycles. The Bertz CT molecular complexity index is 2120. The van der Waals surface area contributed by atoms with Crippen molar-refractivity contribution in [1.29, 1.82) is 0 Å². The molecular weight excluding hydrogens is 725 g/mol. The van der Waals surface area contributed by atoms with Crippen molar-refractivity contribution in [3.63, 3.8) is 0 Å². The van der Waals surface area contributed by atoms with E-state index in [4.69, 9.17) is 11.6 Å². The van der Waals surface area contributed by atoms with Crippen LogP contribution in [0.2, 0.25) is 5.02 Å². The largest absolute Gasteiger partial charge is 0.507 e. The molecule has 0 aromatic heterocycles. The number of nitrogens with one attached hydrogen (secondary N) is 1. The van der Waals surface area contributed by atoms with Gasteiger partial charge in [0.1, 0.15) is 11.6 Å². The molecule has 8 nitrogen and oxygen atoms in total. The number of nitrogens with zero attached hydrogens (tertiary/aromatic N) is 2. The zero-order valence-electron chi connectivity index (χ0n) is 26.6. The predicted octanol–water partition coefficient (Wildman–Crippen LogP) is 7.45. The van der Waals surface area contributed by atoms with Crippen LogP contribution in [0.1, 0.15) is 35.4 Å². The van der Waals surface area contributed by atoms with Crippen LogP contribution in [0.25, 0.3) is 0 Å². The Morgan fingerprint density at radius 3 is 2.28 bits per heavy atom. The molecule has 6 atom stereocenters. The summed E-state index contributed by atoms with van der Waals surface area (Å²) < 4.78 is 14.6. The normalized spacial score (nSPS) is 27.2. The summed E-state index contributed by atoms with van der Waals surface area (Å²) in [7, 11) is 0. The second-order valence-corrected chi connectivity index (χ2v) is 14.7. The van der Waals surface area contributed by atoms with E-state index in [1.807, 2.05) is 6.08 Å². The van der Waals surface area contributed by atoms with E-state index in [0.717, 1.165) is 15.1 Å². The standard InChI is InChI=1S/C39H30BrClFN3O5/c1-20-3-2-4-29(34(20)46)33-27-17-18-28-32(37(49)44(35(28)47)26-15-7-22(40)8-16-26)30(27)19-31-36(48)45(43-25-13-11-24(42)12-14-25)38(50)39(31,33)21-5-9-23(41)10-6-21/h2-17,28,30-33,43,46H,18-19H2,1H3/t28-,30+,31-,32-,33+,39+/m0/s1. The fourth-order valence-electron chi connectivity index (χ4n) is 8.76. The van der Waals surface area contributed by atoms with E-state index in [9.17, 15) is 23.9 Å². The minimum absolute atomic E-state index is 0.0243. The SMILES string of the molecule is Cc1cccc([C@H]2C3=CC[C@@H]4C(=O)N(c5ccc(Br)cc5)C(=O)[C@@H]4[C@@H]3C[C@H]3C(=O)N(Nc4ccc(F)cc4)C(=O)[C@@]23c2ccc(Cl)cc2)c1O. The van der Waals surface area contributed by atoms with Gasteiger partial charge in [-0.1, -0.05) is 69.5 Å². The summed E-state index contributed by atoms with van der Waals surface area (Å²) in [6, 6.07) is 24.4. The van der Waals surface area contributed by atoms with Crippen molar-refractivity contribution in [2.75, 3.05) is 10.3 Å². The Hall–Kier alpha value is -4.80. The summed E-state index contributed by atoms with van der Waals surface area (Å²) in [5.41, 5.74) is 4.39. The van der Waals surface area contributed by atoms with Crippen LogP contribution in [0.15, 0.2) is 107 Å². The molecule has 0 unspecified atom stereocenters. The Labute approximate surface area is 300 Å². The zero-order chi connectivity index (χ0) is 35.1. The Morgan fingerprint density at radius 2 is 1.58 bits per heavy atom. The first-order valence-electron chi connectivity index (χ1n) is 16.3. The van der Waals surface area contributed by atoms with Gasteiger partial charge >= 0.3 is 0 Å². The van der Waals surface area contributed by atoms with Crippen molar-refractivity contribution in [2.24, 2.45) is 23.7 Å². The third kappa shape index (κ3) is 4.68. The number of carbonyl (C=O) groups is 4. The van der Waals surface area contributed by atoms with Gasteiger partial charge in [0.15, 0.2) is 0 Å². The first-order valence-corrected chi connectivity index (χ1v) is 17.5. The summed E-state index contributed by atoms with van der Waals surface area (Å²) in [5, 5.41) is 13.1. The summed E-state index contributed by atoms with van der Waals surface area (Å²) in [6.45, 7) is 1.76. The lowest BCUT2D eigenvalue weighted by atomic mass is 9.49. The highest BCUT2D eigenvalue weighted by molar-refractivity contribution is 9.10. The van der Waals surface area contributed by atoms with Crippen molar-refractivity contribution in [1.82, 2.24) is 5.01 Å². The number of fused-ring (bicyclic) bond motifs is 4. The molecule has 4 aromatic rings. The van der Waals surface area contributed by atoms with E-state index in [-0.39, 0.29) is 30.4 Å². The van der Waals surface area contributed by atoms with Gasteiger partial charge in [0.05, 0.1) is 34.5 Å². The molecule has 0 radical (unpaired) electrons. The highest BCUT2D eigenvalue weighted by atomic mass is 79.9. The molecule has 2 saturated heterocycles. The number of anilines is 2. The second kappa shape index (κ2) is 11.9. The van der Waals surface area contributed by atoms with Crippen LogP contribution in [0, 0.1) is 36.4 Å². The number of hydrazine groups is 1. The molecule has 50 heavy (non-hydrogen) atoms. The van der Waals surface area contributed by atoms with Crippen molar-refractivity contribution >= 4 is 62.5 Å². The number of phenolic OH excluding ortho intramolecular Hbond substituents is 1. The van der Waals surface area contributed by atoms with Gasteiger partial charge < -0.3 is 5.11 Å². The Kier molecular flexibility index (Phi) is 7.72. The monoisotopic (exact) mass is 753 g/mol. The van der Waals surface area contributed by atoms with Gasteiger partial charge in [-0.05, 0) is 97.5 Å². The van der Waals surface area contributed by atoms with Crippen LogP contribution in [0.5, 0.6) is 5.75 Å². The molecule has 2 aliphatic carbocycles. The van der Waals surface area contributed by atoms with E-state index < -0.39 is 52.6 Å². The molecule has 4 aromatic carbocycles. The van der Waals surface area contributed by atoms with Crippen molar-refractivity contribution in [2.45, 2.75) is 31.1 Å². The van der Waals surface area contributed by atoms with E-state index in [0.29, 0.717) is 33.1 Å². The smallest absolute Gasteiger partial charge is 0.260 e. The number of aromatic hydroxyl groups is 1. The number of hydrogen-bond donors (Lipinski definition) is 2. The maximum atomic E-state index is 15.2. The fraction of sp³-hybridized carbons (Fsp3) is 0.231. The number of carbonyl (C=O) groups excluding carboxylic acids is 4. The van der Waals surface area contributed by atoms with E-state index >= 15 is 4.79 Å². The summed E-state index contributed by atoms with van der Waals surface area (Å²) in [6.07, 6.45) is 2.28. The molecule has 3 fully saturated rings. The van der Waals surface area contributed by atoms with Crippen LogP contribution in [0.4, 0.5) is 15.8 Å². The highest BCUT2D eigenvalue weighted by Gasteiger charge is 2.70. The molecule has 4 aliphatic rings. The molecule has 252 valence electrons. The number of hydrogen-bond acceptors (Lipinski definition) is 6. The molecule has 2 heterocycles. The topological polar surface area (TPSA) is 107 Å². The number of aryl methyl sites for hydroxylation is 1. The minimum atomic E-state index is -1.58. The fourth-order valence-corrected chi connectivity index (χ4v) is 9.15. The number of halogens is 3. The quantitative estimate of drug-likeness (QED) is 0.162. The predicted molar refractivity (Wildman–Crippen MR) is 189 cm³/mol. The van der Waals surface area contributed by atoms with Crippen molar-refractivity contribution in [3.8, 4) is 5.75 Å². The number of rotatable bonds is 5. The van der Waals surface area contributed by atoms with Gasteiger partial charge in [0.2, 0.25) is 11.8 Å². The van der Waals surface area contributed by atoms with Crippen LogP contribution in [-0.2, 0) is 24.6 Å². The van der Waals surface area contributed by atoms with Gasteiger partial charge in [0.25, 0.3) is 11.8 Å². The van der Waals surface area contributed by atoms with Crippen molar-refractivity contribution in [3.05, 3.63) is 135 Å². The molecule has 0 spiro atoms. The van der Waals surface area contributed by atoms with Gasteiger partial charge in [0, 0.05) is 21.0 Å². The molecule has 8 rings (SSSR count). The average Bonchev–Trinajstić information content (AvgIpc) is 3.48. The van der Waals surface area contributed by atoms with E-state index in [1.165, 1.54) is 29.2 Å². The van der Waals surface area contributed by atoms with Crippen LogP contribution in [-0.4, -0.2) is 33.7 Å². The molecule has 11 heteroatoms. The van der Waals surface area contributed by atoms with Crippen molar-refractivity contribution < 1.29 is 28.7 Å². The summed E-state index contributed by atoms with van der Waals surface area (Å²) >= 11 is 9.76. The summed E-state index contributed by atoms with van der Waals surface area (Å²) in [4.78, 5) is 59.5. The second-order valence-electron chi connectivity index (χ2n) is 13.4. The Balaban J connectivity index is 1.33. The number of imide groups is 2. The minimum Gasteiger partial charge on any atom is -0.507 e. The molecule has 2 aliphatic heterocycles. The third-order valence-electron chi connectivity index (χ3n) is 10.9. The maximum Gasteiger partial charge on any atom is 0.260 e. The molecule has 2 N–H and O–H groups in total. The lowest BCUT2D eigenvalue weighted by molar-refractivity contribution is -0.138. The van der Waals surface area contributed by atoms with E-state index in [2.05, 4.69) is 21.4 Å². The van der Waals surface area contributed by atoms with Crippen LogP contribution < -0.4 is 10.3 Å². The van der Waals surface area contributed by atoms with Gasteiger partial charge in [-0.25, -0.2) is 4.39 Å². The Morgan fingerprint density at radius 1 is 0.880 bits per heavy atom. The number of benzene rings is 4. The number of phenols is 1. The van der Waals surface area contributed by atoms with Crippen LogP contribution >= 0.6 is 27.5 Å². The number of para-hydroxylation sites is 1. The van der Waals surface area contributed by atoms with Gasteiger partial charge in [-0.2, -0.15) is 5.01 Å². The van der Waals surface area contributed by atoms with Gasteiger partial charge in [-0.15, -0.1) is 0 Å². The molecule has 4 amide bonds. The summed E-state index contributed by atoms with van der Waals surface area (Å²) in [5.74, 6) is -6.21. The molecule has 0 bridgehead atoms. The van der Waals surface area contributed by atoms with Crippen LogP contribution in [0.3, 0.4) is 0 Å². The zero-order valence-corrected chi connectivity index (χ0v) is 29.0. The van der Waals surface area contributed by atoms with E-state index in [1.54, 1.807) is 73.7 Å². The lowest BCUT2D eigenvalue weighted by Crippen LogP contribution is -2.53. The third-order valence-corrected chi connectivity index (χ3v) is 11.7. The highest BCUT2D eigenvalue weighted by Crippen LogP contribution is 2.65. The first-order chi connectivity index (χ1) is 24.0.